The maximum Gasteiger partial charge on any atom is 0.118 e. The fraction of sp³-hybridized carbons (Fsp3) is 0.419. The summed E-state index contributed by atoms with van der Waals surface area (Å²) in [6.07, 6.45) is 2.40. The number of rotatable bonds is 11. The van der Waals surface area contributed by atoms with Gasteiger partial charge in [-0.25, -0.2) is 0 Å². The highest BCUT2D eigenvalue weighted by Crippen LogP contribution is 2.59. The third-order valence-corrected chi connectivity index (χ3v) is 7.77. The van der Waals surface area contributed by atoms with Crippen LogP contribution in [0.3, 0.4) is 0 Å². The molecule has 4 heteroatoms. The molecule has 5 atom stereocenters. The lowest BCUT2D eigenvalue weighted by molar-refractivity contribution is -0.0682. The number of methoxy groups -OCH3 is 1. The van der Waals surface area contributed by atoms with Crippen molar-refractivity contribution in [2.24, 2.45) is 17.3 Å². The minimum atomic E-state index is -0.0157. The topological polar surface area (TPSA) is 36.9 Å². The molecule has 184 valence electrons. The van der Waals surface area contributed by atoms with Crippen molar-refractivity contribution in [2.45, 2.75) is 51.8 Å². The number of hydrogen-bond acceptors (Lipinski definition) is 4. The Labute approximate surface area is 209 Å². The van der Waals surface area contributed by atoms with Crippen LogP contribution < -0.4 is 4.74 Å². The Morgan fingerprint density at radius 3 is 1.97 bits per heavy atom. The van der Waals surface area contributed by atoms with Crippen molar-refractivity contribution in [2.75, 3.05) is 13.7 Å². The van der Waals surface area contributed by atoms with Crippen molar-refractivity contribution in [3.05, 3.63) is 102 Å². The van der Waals surface area contributed by atoms with Crippen LogP contribution in [0.15, 0.2) is 84.9 Å². The van der Waals surface area contributed by atoms with E-state index in [1.165, 1.54) is 11.1 Å². The van der Waals surface area contributed by atoms with Gasteiger partial charge in [0.2, 0.25) is 0 Å². The Kier molecular flexibility index (Phi) is 7.52. The molecular weight excluding hydrogens is 436 g/mol. The van der Waals surface area contributed by atoms with E-state index in [4.69, 9.17) is 18.9 Å². The van der Waals surface area contributed by atoms with E-state index in [-0.39, 0.29) is 17.6 Å². The van der Waals surface area contributed by atoms with Gasteiger partial charge in [0.15, 0.2) is 0 Å². The van der Waals surface area contributed by atoms with Crippen molar-refractivity contribution < 1.29 is 18.9 Å². The average Bonchev–Trinajstić information content (AvgIpc) is 3.35. The second-order valence-electron chi connectivity index (χ2n) is 10.2. The highest BCUT2D eigenvalue weighted by atomic mass is 16.5. The van der Waals surface area contributed by atoms with E-state index >= 15 is 0 Å². The normalized spacial score (nSPS) is 27.3. The van der Waals surface area contributed by atoms with Crippen LogP contribution in [-0.2, 0) is 34.0 Å². The summed E-state index contributed by atoms with van der Waals surface area (Å²) >= 11 is 0. The summed E-state index contributed by atoms with van der Waals surface area (Å²) in [5, 5.41) is 0. The Morgan fingerprint density at radius 1 is 0.714 bits per heavy atom. The molecule has 0 saturated heterocycles. The molecule has 2 fully saturated rings. The number of benzene rings is 3. The molecule has 0 unspecified atom stereocenters. The van der Waals surface area contributed by atoms with Crippen LogP contribution >= 0.6 is 0 Å². The second-order valence-corrected chi connectivity index (χ2v) is 10.2. The van der Waals surface area contributed by atoms with Crippen LogP contribution in [0.2, 0.25) is 0 Å². The fourth-order valence-electron chi connectivity index (χ4n) is 6.19. The molecule has 0 aliphatic heterocycles. The zero-order chi connectivity index (χ0) is 24.1. The van der Waals surface area contributed by atoms with Crippen LogP contribution in [0.4, 0.5) is 0 Å². The number of hydrogen-bond donors (Lipinski definition) is 0. The Hall–Kier alpha value is -2.66. The van der Waals surface area contributed by atoms with Gasteiger partial charge in [0, 0.05) is 11.3 Å². The predicted molar refractivity (Wildman–Crippen MR) is 137 cm³/mol. The molecule has 35 heavy (non-hydrogen) atoms. The largest absolute Gasteiger partial charge is 0.497 e. The van der Waals surface area contributed by atoms with E-state index in [1.807, 2.05) is 24.3 Å². The zero-order valence-corrected chi connectivity index (χ0v) is 20.8. The summed E-state index contributed by atoms with van der Waals surface area (Å²) in [6, 6.07) is 29.0. The summed E-state index contributed by atoms with van der Waals surface area (Å²) in [7, 11) is 1.69. The van der Waals surface area contributed by atoms with Crippen molar-refractivity contribution in [1.29, 1.82) is 0 Å². The Morgan fingerprint density at radius 2 is 1.31 bits per heavy atom. The van der Waals surface area contributed by atoms with Crippen molar-refractivity contribution in [1.82, 2.24) is 0 Å². The quantitative estimate of drug-likeness (QED) is 0.322. The van der Waals surface area contributed by atoms with Gasteiger partial charge in [-0.15, -0.1) is 0 Å². The smallest absolute Gasteiger partial charge is 0.118 e. The molecule has 0 radical (unpaired) electrons. The molecular formula is C31H36O4. The molecule has 0 aromatic heterocycles. The molecule has 0 N–H and O–H groups in total. The molecule has 5 rings (SSSR count). The highest BCUT2D eigenvalue weighted by molar-refractivity contribution is 5.27. The first-order valence-corrected chi connectivity index (χ1v) is 12.7. The monoisotopic (exact) mass is 472 g/mol. The summed E-state index contributed by atoms with van der Waals surface area (Å²) in [4.78, 5) is 0. The molecule has 3 aromatic carbocycles. The van der Waals surface area contributed by atoms with Crippen molar-refractivity contribution in [3.8, 4) is 5.75 Å². The van der Waals surface area contributed by atoms with E-state index in [2.05, 4.69) is 67.6 Å². The maximum absolute atomic E-state index is 6.69. The Balaban J connectivity index is 1.29. The Bertz CT molecular complexity index is 1050. The number of fused-ring (bicyclic) bond motifs is 2. The molecule has 0 heterocycles. The average molecular weight is 473 g/mol. The van der Waals surface area contributed by atoms with E-state index in [1.54, 1.807) is 7.11 Å². The molecule has 2 aliphatic carbocycles. The lowest BCUT2D eigenvalue weighted by Crippen LogP contribution is -2.34. The van der Waals surface area contributed by atoms with Gasteiger partial charge in [0.1, 0.15) is 5.75 Å². The van der Waals surface area contributed by atoms with Gasteiger partial charge in [0.05, 0.1) is 45.7 Å². The minimum Gasteiger partial charge on any atom is -0.497 e. The first-order chi connectivity index (χ1) is 17.2. The summed E-state index contributed by atoms with van der Waals surface area (Å²) in [5.74, 6) is 1.77. The molecule has 3 aromatic rings. The lowest BCUT2D eigenvalue weighted by atomic mass is 9.79. The second kappa shape index (κ2) is 10.9. The summed E-state index contributed by atoms with van der Waals surface area (Å²) in [5.41, 5.74) is 3.57. The molecule has 2 aliphatic rings. The van der Waals surface area contributed by atoms with Gasteiger partial charge in [-0.05, 0) is 47.6 Å². The first-order valence-electron chi connectivity index (χ1n) is 12.7. The van der Waals surface area contributed by atoms with E-state index in [0.717, 1.165) is 24.2 Å². The summed E-state index contributed by atoms with van der Waals surface area (Å²) in [6.45, 7) is 4.91. The first kappa shape index (κ1) is 24.1. The third-order valence-electron chi connectivity index (χ3n) is 7.77. The highest BCUT2D eigenvalue weighted by Gasteiger charge is 2.62. The van der Waals surface area contributed by atoms with Crippen LogP contribution in [0.5, 0.6) is 5.75 Å². The van der Waals surface area contributed by atoms with Gasteiger partial charge >= 0.3 is 0 Å². The molecule has 0 spiro atoms. The standard InChI is InChI=1S/C31H36O4/c1-23-17-31(22-33-19-24-9-5-3-6-10-24)18-28(34-20-26-13-15-27(32-2)16-14-26)29(23)30(31)35-21-25-11-7-4-8-12-25/h3-16,23,28-30H,17-22H2,1-2H3/t23-,28-,29+,30+,31-/m1/s1. The predicted octanol–water partition coefficient (Wildman–Crippen LogP) is 6.43. The van der Waals surface area contributed by atoms with Crippen LogP contribution in [0.25, 0.3) is 0 Å². The molecule has 0 amide bonds. The fourth-order valence-corrected chi connectivity index (χ4v) is 6.19. The van der Waals surface area contributed by atoms with Gasteiger partial charge in [0.25, 0.3) is 0 Å². The summed E-state index contributed by atoms with van der Waals surface area (Å²) < 4.78 is 24.9. The maximum atomic E-state index is 6.69. The zero-order valence-electron chi connectivity index (χ0n) is 20.8. The van der Waals surface area contributed by atoms with Gasteiger partial charge in [-0.2, -0.15) is 0 Å². The number of ether oxygens (including phenoxy) is 4. The van der Waals surface area contributed by atoms with Crippen LogP contribution in [-0.4, -0.2) is 25.9 Å². The third kappa shape index (κ3) is 5.45. The van der Waals surface area contributed by atoms with E-state index < -0.39 is 0 Å². The van der Waals surface area contributed by atoms with Gasteiger partial charge in [-0.3, -0.25) is 0 Å². The SMILES string of the molecule is COc1ccc(CO[C@@H]2C[C@@]3(COCc4ccccc4)C[C@@H](C)[C@@H]2[C@@H]3OCc2ccccc2)cc1. The van der Waals surface area contributed by atoms with Gasteiger partial charge in [-0.1, -0.05) is 79.7 Å². The van der Waals surface area contributed by atoms with E-state index in [9.17, 15) is 0 Å². The van der Waals surface area contributed by atoms with Gasteiger partial charge < -0.3 is 18.9 Å². The molecule has 4 nitrogen and oxygen atoms in total. The van der Waals surface area contributed by atoms with Crippen LogP contribution in [0, 0.1) is 17.3 Å². The van der Waals surface area contributed by atoms with Crippen molar-refractivity contribution in [3.63, 3.8) is 0 Å². The van der Waals surface area contributed by atoms with Crippen LogP contribution in [0.1, 0.15) is 36.5 Å². The molecule has 2 saturated carbocycles. The van der Waals surface area contributed by atoms with E-state index in [0.29, 0.717) is 38.3 Å². The minimum absolute atomic E-state index is 0.0157. The lowest BCUT2D eigenvalue weighted by Gasteiger charge is -2.33. The molecule has 2 bridgehead atoms. The van der Waals surface area contributed by atoms with Crippen molar-refractivity contribution >= 4 is 0 Å².